The maximum Gasteiger partial charge on any atom is 0.165 e. The summed E-state index contributed by atoms with van der Waals surface area (Å²) in [5.41, 5.74) is 6.50. The molecule has 1 fully saturated rings. The Bertz CT molecular complexity index is 1160. The van der Waals surface area contributed by atoms with Crippen LogP contribution in [0.3, 0.4) is 0 Å². The average Bonchev–Trinajstić information content (AvgIpc) is 3.52. The summed E-state index contributed by atoms with van der Waals surface area (Å²) >= 11 is 0. The standard InChI is InChI=1S/C25H25N3O2/c1-27-22-8-7-18(13-21(22)20-9-11-26-15-23(20)27)28-12-10-19(14-24-25(28)30-24)29-16-17-5-3-2-4-6-17/h2-8,10,12-14,24-26H,9,11,15-16H2,1H3. The van der Waals surface area contributed by atoms with Crippen molar-refractivity contribution >= 4 is 16.6 Å². The molecule has 5 heteroatoms. The molecule has 2 atom stereocenters. The second kappa shape index (κ2) is 7.04. The SMILES string of the molecule is Cn1c2c(c3cc(N4C=CC(OCc5ccccc5)=CC5OC54)ccc31)CCNC2. The fourth-order valence-corrected chi connectivity index (χ4v) is 4.63. The number of rotatable bonds is 4. The molecule has 2 unspecified atom stereocenters. The average molecular weight is 399 g/mol. The summed E-state index contributed by atoms with van der Waals surface area (Å²) in [6, 6.07) is 17.0. The first-order valence-electron chi connectivity index (χ1n) is 10.6. The molecule has 0 amide bonds. The predicted molar refractivity (Wildman–Crippen MR) is 118 cm³/mol. The second-order valence-corrected chi connectivity index (χ2v) is 8.17. The van der Waals surface area contributed by atoms with Crippen molar-refractivity contribution in [3.8, 4) is 0 Å². The van der Waals surface area contributed by atoms with Gasteiger partial charge in [-0.1, -0.05) is 30.3 Å². The van der Waals surface area contributed by atoms with E-state index in [4.69, 9.17) is 9.47 Å². The third-order valence-electron chi connectivity index (χ3n) is 6.31. The number of nitrogens with zero attached hydrogens (tertiary/aromatic N) is 2. The van der Waals surface area contributed by atoms with E-state index in [1.807, 2.05) is 24.3 Å². The number of hydrogen-bond acceptors (Lipinski definition) is 4. The Labute approximate surface area is 176 Å². The van der Waals surface area contributed by atoms with Crippen molar-refractivity contribution in [2.75, 3.05) is 11.4 Å². The summed E-state index contributed by atoms with van der Waals surface area (Å²) in [7, 11) is 2.17. The van der Waals surface area contributed by atoms with E-state index in [1.165, 1.54) is 22.2 Å². The van der Waals surface area contributed by atoms with Gasteiger partial charge in [0.15, 0.2) is 6.23 Å². The lowest BCUT2D eigenvalue weighted by Gasteiger charge is -2.18. The van der Waals surface area contributed by atoms with E-state index < -0.39 is 0 Å². The smallest absolute Gasteiger partial charge is 0.165 e. The van der Waals surface area contributed by atoms with Crippen molar-refractivity contribution in [1.82, 2.24) is 9.88 Å². The minimum absolute atomic E-state index is 0.0396. The third-order valence-corrected chi connectivity index (χ3v) is 6.31. The molecule has 1 saturated heterocycles. The van der Waals surface area contributed by atoms with E-state index in [9.17, 15) is 0 Å². The number of anilines is 1. The van der Waals surface area contributed by atoms with E-state index in [-0.39, 0.29) is 12.3 Å². The number of allylic oxidation sites excluding steroid dienone is 1. The van der Waals surface area contributed by atoms with Gasteiger partial charge in [-0.2, -0.15) is 0 Å². The van der Waals surface area contributed by atoms with Gasteiger partial charge in [0, 0.05) is 42.1 Å². The van der Waals surface area contributed by atoms with Gasteiger partial charge in [-0.05, 0) is 54.4 Å². The van der Waals surface area contributed by atoms with Crippen LogP contribution in [0.1, 0.15) is 16.8 Å². The maximum absolute atomic E-state index is 6.04. The van der Waals surface area contributed by atoms with Crippen LogP contribution in [-0.2, 0) is 36.1 Å². The highest BCUT2D eigenvalue weighted by Crippen LogP contribution is 2.38. The second-order valence-electron chi connectivity index (χ2n) is 8.17. The lowest BCUT2D eigenvalue weighted by Crippen LogP contribution is -2.24. The Morgan fingerprint density at radius 2 is 2.07 bits per heavy atom. The number of ether oxygens (including phenoxy) is 2. The number of hydrogen-bond donors (Lipinski definition) is 1. The number of fused-ring (bicyclic) bond motifs is 4. The molecule has 6 rings (SSSR count). The van der Waals surface area contributed by atoms with Crippen LogP contribution in [0.5, 0.6) is 0 Å². The monoisotopic (exact) mass is 399 g/mol. The molecule has 0 radical (unpaired) electrons. The first-order chi connectivity index (χ1) is 14.8. The quantitative estimate of drug-likeness (QED) is 0.674. The number of epoxide rings is 1. The number of nitrogens with one attached hydrogen (secondary N) is 1. The molecule has 152 valence electrons. The molecule has 0 bridgehead atoms. The maximum atomic E-state index is 6.04. The molecule has 3 aromatic rings. The van der Waals surface area contributed by atoms with Crippen molar-refractivity contribution in [3.05, 3.63) is 89.5 Å². The molecule has 0 saturated carbocycles. The van der Waals surface area contributed by atoms with Crippen LogP contribution < -0.4 is 10.2 Å². The Balaban J connectivity index is 1.27. The Morgan fingerprint density at radius 1 is 1.17 bits per heavy atom. The van der Waals surface area contributed by atoms with Crippen LogP contribution in [0.2, 0.25) is 0 Å². The van der Waals surface area contributed by atoms with Crippen molar-refractivity contribution in [1.29, 1.82) is 0 Å². The lowest BCUT2D eigenvalue weighted by atomic mass is 10.0. The number of benzene rings is 2. The van der Waals surface area contributed by atoms with Gasteiger partial charge >= 0.3 is 0 Å². The minimum Gasteiger partial charge on any atom is -0.489 e. The van der Waals surface area contributed by atoms with Gasteiger partial charge in [-0.25, -0.2) is 0 Å². The molecule has 3 aliphatic heterocycles. The van der Waals surface area contributed by atoms with Crippen molar-refractivity contribution < 1.29 is 9.47 Å². The van der Waals surface area contributed by atoms with Crippen LogP contribution in [0.4, 0.5) is 5.69 Å². The molecule has 5 nitrogen and oxygen atoms in total. The van der Waals surface area contributed by atoms with Crippen LogP contribution in [0.25, 0.3) is 10.9 Å². The summed E-state index contributed by atoms with van der Waals surface area (Å²) in [4.78, 5) is 2.22. The van der Waals surface area contributed by atoms with Gasteiger partial charge in [0.05, 0.1) is 0 Å². The summed E-state index contributed by atoms with van der Waals surface area (Å²) in [5, 5.41) is 4.84. The zero-order chi connectivity index (χ0) is 20.1. The molecular formula is C25H25N3O2. The van der Waals surface area contributed by atoms with Crippen LogP contribution in [-0.4, -0.2) is 23.4 Å². The number of aryl methyl sites for hydroxylation is 1. The van der Waals surface area contributed by atoms with E-state index in [2.05, 4.69) is 64.4 Å². The topological polar surface area (TPSA) is 42.0 Å². The first kappa shape index (κ1) is 17.8. The largest absolute Gasteiger partial charge is 0.489 e. The van der Waals surface area contributed by atoms with Crippen molar-refractivity contribution in [2.24, 2.45) is 7.05 Å². The predicted octanol–water partition coefficient (Wildman–Crippen LogP) is 3.98. The minimum atomic E-state index is 0.0396. The normalized spacial score (nSPS) is 22.3. The summed E-state index contributed by atoms with van der Waals surface area (Å²) in [6.07, 6.45) is 7.40. The first-order valence-corrected chi connectivity index (χ1v) is 10.6. The highest BCUT2D eigenvalue weighted by Gasteiger charge is 2.43. The molecule has 1 aromatic heterocycles. The Kier molecular flexibility index (Phi) is 4.18. The van der Waals surface area contributed by atoms with Gasteiger partial charge < -0.3 is 24.3 Å². The highest BCUT2D eigenvalue weighted by atomic mass is 16.6. The van der Waals surface area contributed by atoms with Crippen LogP contribution in [0.15, 0.2) is 72.6 Å². The van der Waals surface area contributed by atoms with E-state index in [0.717, 1.165) is 36.5 Å². The molecule has 4 heterocycles. The molecule has 2 aromatic carbocycles. The summed E-state index contributed by atoms with van der Waals surface area (Å²) in [6.45, 7) is 2.55. The van der Waals surface area contributed by atoms with Crippen LogP contribution >= 0.6 is 0 Å². The Hall–Kier alpha value is -3.02. The van der Waals surface area contributed by atoms with E-state index in [1.54, 1.807) is 0 Å². The molecule has 1 N–H and O–H groups in total. The van der Waals surface area contributed by atoms with E-state index in [0.29, 0.717) is 6.61 Å². The lowest BCUT2D eigenvalue weighted by molar-refractivity contribution is 0.208. The third kappa shape index (κ3) is 3.02. The summed E-state index contributed by atoms with van der Waals surface area (Å²) < 4.78 is 14.3. The zero-order valence-electron chi connectivity index (χ0n) is 17.0. The van der Waals surface area contributed by atoms with Gasteiger partial charge in [-0.15, -0.1) is 0 Å². The zero-order valence-corrected chi connectivity index (χ0v) is 17.0. The molecule has 30 heavy (non-hydrogen) atoms. The number of aromatic nitrogens is 1. The molecule has 0 aliphatic carbocycles. The van der Waals surface area contributed by atoms with Gasteiger partial charge in [0.1, 0.15) is 18.5 Å². The fourth-order valence-electron chi connectivity index (χ4n) is 4.63. The van der Waals surface area contributed by atoms with E-state index >= 15 is 0 Å². The van der Waals surface area contributed by atoms with Gasteiger partial charge in [0.2, 0.25) is 0 Å². The van der Waals surface area contributed by atoms with Gasteiger partial charge in [0.25, 0.3) is 0 Å². The fraction of sp³-hybridized carbons (Fsp3) is 0.280. The summed E-state index contributed by atoms with van der Waals surface area (Å²) in [5.74, 6) is 0.859. The molecule has 3 aliphatic rings. The van der Waals surface area contributed by atoms with Crippen molar-refractivity contribution in [2.45, 2.75) is 31.9 Å². The van der Waals surface area contributed by atoms with Gasteiger partial charge in [-0.3, -0.25) is 0 Å². The molecule has 0 spiro atoms. The Morgan fingerprint density at radius 3 is 2.97 bits per heavy atom. The van der Waals surface area contributed by atoms with Crippen LogP contribution in [0, 0.1) is 0 Å². The van der Waals surface area contributed by atoms with Crippen molar-refractivity contribution in [3.63, 3.8) is 0 Å². The molecular weight excluding hydrogens is 374 g/mol. The highest BCUT2D eigenvalue weighted by molar-refractivity contribution is 5.89.